The highest BCUT2D eigenvalue weighted by molar-refractivity contribution is 7.89. The highest BCUT2D eigenvalue weighted by atomic mass is 32.2. The number of rotatable bonds is 5. The van der Waals surface area contributed by atoms with Gasteiger partial charge in [-0.3, -0.25) is 4.79 Å². The number of nitrogens with zero attached hydrogens (tertiary/aromatic N) is 1. The van der Waals surface area contributed by atoms with Gasteiger partial charge in [0.05, 0.1) is 5.75 Å². The van der Waals surface area contributed by atoms with Gasteiger partial charge in [0.2, 0.25) is 10.0 Å². The third-order valence-electron chi connectivity index (χ3n) is 2.08. The molecule has 0 atom stereocenters. The number of hydrogen-bond donors (Lipinski definition) is 2. The van der Waals surface area contributed by atoms with Crippen molar-refractivity contribution in [3.63, 3.8) is 0 Å². The molecule has 0 aliphatic heterocycles. The van der Waals surface area contributed by atoms with Crippen LogP contribution in [0.1, 0.15) is 10.5 Å². The minimum absolute atomic E-state index is 0.202. The monoisotopic (exact) mass is 299 g/mol. The molecule has 1 aromatic rings. The van der Waals surface area contributed by atoms with Gasteiger partial charge in [-0.05, 0) is 12.1 Å². The van der Waals surface area contributed by atoms with Gasteiger partial charge in [-0.15, -0.1) is 0 Å². The molecule has 0 saturated heterocycles. The molecule has 1 aromatic heterocycles. The number of aromatic nitrogens is 1. The van der Waals surface area contributed by atoms with E-state index in [1.165, 1.54) is 12.1 Å². The van der Waals surface area contributed by atoms with Crippen LogP contribution in [0.5, 0.6) is 0 Å². The minimum Gasteiger partial charge on any atom is -0.350 e. The lowest BCUT2D eigenvalue weighted by Gasteiger charge is -2.11. The van der Waals surface area contributed by atoms with Crippen molar-refractivity contribution in [3.05, 3.63) is 24.0 Å². The second kappa shape index (κ2) is 5.61. The molecular formula is C9H12F3N3O3S. The van der Waals surface area contributed by atoms with Gasteiger partial charge in [0.25, 0.3) is 5.91 Å². The zero-order valence-corrected chi connectivity index (χ0v) is 10.5. The van der Waals surface area contributed by atoms with Crippen LogP contribution in [0.2, 0.25) is 0 Å². The SMILES string of the molecule is NS(=O)(=O)CCNC(=O)c1cccn1CC(F)(F)F. The van der Waals surface area contributed by atoms with E-state index >= 15 is 0 Å². The van der Waals surface area contributed by atoms with Gasteiger partial charge >= 0.3 is 6.18 Å². The van der Waals surface area contributed by atoms with E-state index in [1.807, 2.05) is 0 Å². The summed E-state index contributed by atoms with van der Waals surface area (Å²) in [6.07, 6.45) is -3.34. The van der Waals surface area contributed by atoms with Crippen LogP contribution in [-0.2, 0) is 16.6 Å². The fourth-order valence-corrected chi connectivity index (χ4v) is 1.74. The molecule has 19 heavy (non-hydrogen) atoms. The van der Waals surface area contributed by atoms with Gasteiger partial charge in [0.15, 0.2) is 0 Å². The predicted octanol–water partition coefficient (Wildman–Crippen LogP) is 0.0687. The molecule has 0 bridgehead atoms. The molecule has 1 heterocycles. The number of carbonyl (C=O) groups is 1. The summed E-state index contributed by atoms with van der Waals surface area (Å²) in [5.41, 5.74) is -0.202. The van der Waals surface area contributed by atoms with E-state index in [0.29, 0.717) is 0 Å². The Balaban J connectivity index is 2.65. The standard InChI is InChI=1S/C9H12F3N3O3S/c10-9(11,12)6-15-4-1-2-7(15)8(16)14-3-5-19(13,17)18/h1-2,4H,3,5-6H2,(H,14,16)(H2,13,17,18). The zero-order chi connectivity index (χ0) is 14.7. The van der Waals surface area contributed by atoms with Crippen molar-refractivity contribution >= 4 is 15.9 Å². The van der Waals surface area contributed by atoms with Crippen LogP contribution in [0.25, 0.3) is 0 Å². The molecule has 0 aliphatic carbocycles. The van der Waals surface area contributed by atoms with Crippen molar-refractivity contribution in [1.29, 1.82) is 0 Å². The fourth-order valence-electron chi connectivity index (χ4n) is 1.35. The lowest BCUT2D eigenvalue weighted by atomic mass is 10.4. The summed E-state index contributed by atoms with van der Waals surface area (Å²) < 4.78 is 58.6. The zero-order valence-electron chi connectivity index (χ0n) is 9.64. The molecule has 10 heteroatoms. The molecule has 0 saturated carbocycles. The molecule has 0 spiro atoms. The number of nitrogens with two attached hydrogens (primary N) is 1. The van der Waals surface area contributed by atoms with E-state index in [2.05, 4.69) is 5.32 Å². The Morgan fingerprint density at radius 1 is 1.42 bits per heavy atom. The van der Waals surface area contributed by atoms with Crippen molar-refractivity contribution in [1.82, 2.24) is 9.88 Å². The van der Waals surface area contributed by atoms with Crippen molar-refractivity contribution < 1.29 is 26.4 Å². The summed E-state index contributed by atoms with van der Waals surface area (Å²) in [6, 6.07) is 2.50. The number of primary sulfonamides is 1. The van der Waals surface area contributed by atoms with E-state index in [9.17, 15) is 26.4 Å². The number of nitrogens with one attached hydrogen (secondary N) is 1. The van der Waals surface area contributed by atoms with Crippen LogP contribution < -0.4 is 10.5 Å². The molecule has 108 valence electrons. The topological polar surface area (TPSA) is 94.2 Å². The van der Waals surface area contributed by atoms with E-state index in [-0.39, 0.29) is 12.2 Å². The lowest BCUT2D eigenvalue weighted by molar-refractivity contribution is -0.140. The number of alkyl halides is 3. The summed E-state index contributed by atoms with van der Waals surface area (Å²) in [5, 5.41) is 6.90. The van der Waals surface area contributed by atoms with E-state index in [0.717, 1.165) is 10.8 Å². The summed E-state index contributed by atoms with van der Waals surface area (Å²) >= 11 is 0. The maximum atomic E-state index is 12.2. The van der Waals surface area contributed by atoms with Crippen molar-refractivity contribution in [3.8, 4) is 0 Å². The maximum absolute atomic E-state index is 12.2. The summed E-state index contributed by atoms with van der Waals surface area (Å²) in [7, 11) is -3.73. The smallest absolute Gasteiger partial charge is 0.350 e. The molecule has 1 amide bonds. The lowest BCUT2D eigenvalue weighted by Crippen LogP contribution is -2.33. The van der Waals surface area contributed by atoms with Crippen LogP contribution in [-0.4, -0.2) is 37.4 Å². The Morgan fingerprint density at radius 3 is 2.58 bits per heavy atom. The molecule has 1 rings (SSSR count). The van der Waals surface area contributed by atoms with Crippen LogP contribution in [0, 0.1) is 0 Å². The number of sulfonamides is 1. The van der Waals surface area contributed by atoms with E-state index in [1.54, 1.807) is 0 Å². The third kappa shape index (κ3) is 5.75. The average molecular weight is 299 g/mol. The molecular weight excluding hydrogens is 287 g/mol. The molecule has 0 aliphatic rings. The van der Waals surface area contributed by atoms with E-state index < -0.39 is 34.4 Å². The van der Waals surface area contributed by atoms with Crippen molar-refractivity contribution in [2.45, 2.75) is 12.7 Å². The molecule has 0 radical (unpaired) electrons. The molecule has 0 unspecified atom stereocenters. The van der Waals surface area contributed by atoms with E-state index in [4.69, 9.17) is 5.14 Å². The predicted molar refractivity (Wildman–Crippen MR) is 60.8 cm³/mol. The van der Waals surface area contributed by atoms with Gasteiger partial charge < -0.3 is 9.88 Å². The van der Waals surface area contributed by atoms with Crippen molar-refractivity contribution in [2.75, 3.05) is 12.3 Å². The van der Waals surface area contributed by atoms with Gasteiger partial charge in [0, 0.05) is 12.7 Å². The average Bonchev–Trinajstić information content (AvgIpc) is 2.60. The first-order valence-electron chi connectivity index (χ1n) is 5.09. The second-order valence-corrected chi connectivity index (χ2v) is 5.49. The highest BCUT2D eigenvalue weighted by Crippen LogP contribution is 2.18. The van der Waals surface area contributed by atoms with Gasteiger partial charge in [-0.2, -0.15) is 13.2 Å². The Bertz CT molecular complexity index is 551. The Hall–Kier alpha value is -1.55. The number of amides is 1. The Morgan fingerprint density at radius 2 is 2.05 bits per heavy atom. The third-order valence-corrected chi connectivity index (χ3v) is 2.86. The summed E-state index contributed by atoms with van der Waals surface area (Å²) in [5.74, 6) is -1.28. The normalized spacial score (nSPS) is 12.4. The number of halogens is 3. The quantitative estimate of drug-likeness (QED) is 0.805. The van der Waals surface area contributed by atoms with Gasteiger partial charge in [0.1, 0.15) is 12.2 Å². The van der Waals surface area contributed by atoms with Gasteiger partial charge in [-0.25, -0.2) is 13.6 Å². The van der Waals surface area contributed by atoms with Crippen LogP contribution in [0.3, 0.4) is 0 Å². The first kappa shape index (κ1) is 15.5. The minimum atomic E-state index is -4.45. The summed E-state index contributed by atoms with van der Waals surface area (Å²) in [4.78, 5) is 11.6. The number of hydrogen-bond acceptors (Lipinski definition) is 3. The van der Waals surface area contributed by atoms with Gasteiger partial charge in [-0.1, -0.05) is 0 Å². The molecule has 6 nitrogen and oxygen atoms in total. The second-order valence-electron chi connectivity index (χ2n) is 3.76. The van der Waals surface area contributed by atoms with Crippen molar-refractivity contribution in [2.24, 2.45) is 5.14 Å². The first-order chi connectivity index (χ1) is 8.58. The molecule has 0 fully saturated rings. The fraction of sp³-hybridized carbons (Fsp3) is 0.444. The maximum Gasteiger partial charge on any atom is 0.406 e. The number of carbonyl (C=O) groups excluding carboxylic acids is 1. The first-order valence-corrected chi connectivity index (χ1v) is 6.80. The largest absolute Gasteiger partial charge is 0.406 e. The highest BCUT2D eigenvalue weighted by Gasteiger charge is 2.29. The van der Waals surface area contributed by atoms with Crippen LogP contribution >= 0.6 is 0 Å². The van der Waals surface area contributed by atoms with Crippen LogP contribution in [0.4, 0.5) is 13.2 Å². The summed E-state index contributed by atoms with van der Waals surface area (Å²) in [6.45, 7) is -1.56. The molecule has 3 N–H and O–H groups in total. The Labute approximate surface area is 107 Å². The van der Waals surface area contributed by atoms with Crippen LogP contribution in [0.15, 0.2) is 18.3 Å². The Kier molecular flexibility index (Phi) is 4.58. The molecule has 0 aromatic carbocycles.